The van der Waals surface area contributed by atoms with Crippen LogP contribution in [0.2, 0.25) is 0 Å². The molecule has 0 saturated heterocycles. The third-order valence-corrected chi connectivity index (χ3v) is 3.24. The van der Waals surface area contributed by atoms with Crippen LogP contribution >= 0.6 is 0 Å². The van der Waals surface area contributed by atoms with E-state index >= 15 is 0 Å². The minimum atomic E-state index is -0.547. The van der Waals surface area contributed by atoms with Crippen LogP contribution in [0, 0.1) is 0 Å². The fourth-order valence-corrected chi connectivity index (χ4v) is 2.32. The molecule has 2 N–H and O–H groups in total. The van der Waals surface area contributed by atoms with Crippen molar-refractivity contribution >= 4 is 17.7 Å². The number of allylic oxidation sites excluding steroid dienone is 2. The lowest BCUT2D eigenvalue weighted by Gasteiger charge is -2.04. The Kier molecular flexibility index (Phi) is 4.71. The number of hydrogen-bond donors (Lipinski definition) is 1. The maximum absolute atomic E-state index is 11.4. The summed E-state index contributed by atoms with van der Waals surface area (Å²) >= 11 is 0. The Morgan fingerprint density at radius 1 is 1.25 bits per heavy atom. The number of nitrogens with two attached hydrogens (primary N) is 1. The zero-order chi connectivity index (χ0) is 14.4. The van der Waals surface area contributed by atoms with Crippen LogP contribution in [0.1, 0.15) is 24.8 Å². The second-order valence-electron chi connectivity index (χ2n) is 4.59. The van der Waals surface area contributed by atoms with Gasteiger partial charge in [0, 0.05) is 0 Å². The molecule has 1 aromatic rings. The first-order chi connectivity index (χ1) is 9.72. The third kappa shape index (κ3) is 3.35. The molecule has 20 heavy (non-hydrogen) atoms. The predicted molar refractivity (Wildman–Crippen MR) is 80.0 cm³/mol. The quantitative estimate of drug-likeness (QED) is 0.660. The molecule has 1 aliphatic rings. The maximum atomic E-state index is 11.4. The van der Waals surface area contributed by atoms with Crippen LogP contribution in [0.4, 0.5) is 0 Å². The molecule has 1 amide bonds. The SMILES string of the molecule is CON=C(C(N)=O)C1=C(/C=C/c2ccccc2)CCC1. The van der Waals surface area contributed by atoms with E-state index in [0.29, 0.717) is 0 Å². The number of primary amides is 1. The van der Waals surface area contributed by atoms with Crippen LogP contribution < -0.4 is 5.73 Å². The van der Waals surface area contributed by atoms with Gasteiger partial charge >= 0.3 is 0 Å². The van der Waals surface area contributed by atoms with Gasteiger partial charge in [-0.3, -0.25) is 4.79 Å². The van der Waals surface area contributed by atoms with E-state index < -0.39 is 5.91 Å². The Labute approximate surface area is 118 Å². The van der Waals surface area contributed by atoms with Crippen molar-refractivity contribution < 1.29 is 9.63 Å². The molecule has 1 aliphatic carbocycles. The van der Waals surface area contributed by atoms with Crippen molar-refractivity contribution in [2.45, 2.75) is 19.3 Å². The molecule has 0 radical (unpaired) electrons. The van der Waals surface area contributed by atoms with Crippen LogP contribution in [0.5, 0.6) is 0 Å². The number of carbonyl (C=O) groups excluding carboxylic acids is 1. The van der Waals surface area contributed by atoms with Gasteiger partial charge in [-0.2, -0.15) is 0 Å². The fourth-order valence-electron chi connectivity index (χ4n) is 2.32. The first-order valence-corrected chi connectivity index (χ1v) is 6.59. The Balaban J connectivity index is 2.28. The molecule has 0 unspecified atom stereocenters. The number of carbonyl (C=O) groups is 1. The molecule has 0 heterocycles. The van der Waals surface area contributed by atoms with E-state index in [2.05, 4.69) is 5.16 Å². The molecule has 4 nitrogen and oxygen atoms in total. The van der Waals surface area contributed by atoms with Crippen LogP contribution in [0.15, 0.2) is 52.7 Å². The van der Waals surface area contributed by atoms with Crippen molar-refractivity contribution in [1.82, 2.24) is 0 Å². The standard InChI is InChI=1S/C16H18N2O2/c1-20-18-15(16(17)19)14-9-5-8-13(14)11-10-12-6-3-2-4-7-12/h2-4,6-7,10-11H,5,8-9H2,1H3,(H2,17,19)/b11-10+,18-15?. The number of rotatable bonds is 5. The van der Waals surface area contributed by atoms with Crippen LogP contribution in [0.25, 0.3) is 6.08 Å². The van der Waals surface area contributed by atoms with E-state index in [-0.39, 0.29) is 5.71 Å². The molecular weight excluding hydrogens is 252 g/mol. The number of benzene rings is 1. The zero-order valence-electron chi connectivity index (χ0n) is 11.5. The lowest BCUT2D eigenvalue weighted by atomic mass is 10.0. The average Bonchev–Trinajstić information content (AvgIpc) is 2.91. The average molecular weight is 270 g/mol. The van der Waals surface area contributed by atoms with E-state index in [0.717, 1.165) is 36.0 Å². The number of hydrogen-bond acceptors (Lipinski definition) is 3. The fraction of sp³-hybridized carbons (Fsp3) is 0.250. The molecule has 0 fully saturated rings. The molecule has 1 aromatic carbocycles. The van der Waals surface area contributed by atoms with E-state index in [4.69, 9.17) is 10.6 Å². The summed E-state index contributed by atoms with van der Waals surface area (Å²) in [6.07, 6.45) is 6.80. The summed E-state index contributed by atoms with van der Waals surface area (Å²) in [5.41, 5.74) is 8.71. The first kappa shape index (κ1) is 14.1. The lowest BCUT2D eigenvalue weighted by molar-refractivity contribution is -0.112. The minimum absolute atomic E-state index is 0.234. The van der Waals surface area contributed by atoms with Crippen molar-refractivity contribution in [3.05, 3.63) is 53.1 Å². The molecule has 0 atom stereocenters. The summed E-state index contributed by atoms with van der Waals surface area (Å²) in [5.74, 6) is -0.547. The Morgan fingerprint density at radius 2 is 2.00 bits per heavy atom. The van der Waals surface area contributed by atoms with Gasteiger partial charge in [0.05, 0.1) is 0 Å². The van der Waals surface area contributed by atoms with Gasteiger partial charge in [-0.05, 0) is 36.0 Å². The highest BCUT2D eigenvalue weighted by Crippen LogP contribution is 2.28. The van der Waals surface area contributed by atoms with Gasteiger partial charge in [0.1, 0.15) is 7.11 Å². The van der Waals surface area contributed by atoms with Crippen LogP contribution in [-0.2, 0) is 9.63 Å². The smallest absolute Gasteiger partial charge is 0.271 e. The summed E-state index contributed by atoms with van der Waals surface area (Å²) in [7, 11) is 1.41. The van der Waals surface area contributed by atoms with Gasteiger partial charge in [0.2, 0.25) is 0 Å². The second kappa shape index (κ2) is 6.70. The van der Waals surface area contributed by atoms with Gasteiger partial charge in [-0.1, -0.05) is 47.6 Å². The maximum Gasteiger partial charge on any atom is 0.271 e. The molecule has 104 valence electrons. The van der Waals surface area contributed by atoms with Crippen molar-refractivity contribution in [3.8, 4) is 0 Å². The molecular formula is C16H18N2O2. The summed E-state index contributed by atoms with van der Waals surface area (Å²) in [5, 5.41) is 3.76. The number of amides is 1. The van der Waals surface area contributed by atoms with Gasteiger partial charge in [0.25, 0.3) is 5.91 Å². The van der Waals surface area contributed by atoms with Gasteiger partial charge in [-0.15, -0.1) is 0 Å². The molecule has 2 rings (SSSR count). The highest BCUT2D eigenvalue weighted by molar-refractivity contribution is 6.45. The van der Waals surface area contributed by atoms with E-state index in [1.54, 1.807) is 0 Å². The monoisotopic (exact) mass is 270 g/mol. The molecule has 0 bridgehead atoms. The molecule has 0 aromatic heterocycles. The van der Waals surface area contributed by atoms with Gasteiger partial charge < -0.3 is 10.6 Å². The minimum Gasteiger partial charge on any atom is -0.398 e. The number of nitrogens with zero attached hydrogens (tertiary/aromatic N) is 1. The lowest BCUT2D eigenvalue weighted by Crippen LogP contribution is -2.25. The van der Waals surface area contributed by atoms with Gasteiger partial charge in [-0.25, -0.2) is 0 Å². The molecule has 4 heteroatoms. The van der Waals surface area contributed by atoms with Crippen LogP contribution in [0.3, 0.4) is 0 Å². The molecule has 0 spiro atoms. The zero-order valence-corrected chi connectivity index (χ0v) is 11.5. The highest BCUT2D eigenvalue weighted by atomic mass is 16.6. The van der Waals surface area contributed by atoms with E-state index in [9.17, 15) is 4.79 Å². The normalized spacial score (nSPS) is 15.9. The topological polar surface area (TPSA) is 64.7 Å². The van der Waals surface area contributed by atoms with Crippen LogP contribution in [-0.4, -0.2) is 18.7 Å². The summed E-state index contributed by atoms with van der Waals surface area (Å²) in [6, 6.07) is 10.0. The largest absolute Gasteiger partial charge is 0.398 e. The first-order valence-electron chi connectivity index (χ1n) is 6.59. The van der Waals surface area contributed by atoms with Crippen molar-refractivity contribution in [1.29, 1.82) is 0 Å². The Hall–Kier alpha value is -2.36. The van der Waals surface area contributed by atoms with Crippen molar-refractivity contribution in [2.75, 3.05) is 7.11 Å². The third-order valence-electron chi connectivity index (χ3n) is 3.24. The predicted octanol–water partition coefficient (Wildman–Crippen LogP) is 2.67. The van der Waals surface area contributed by atoms with Gasteiger partial charge in [0.15, 0.2) is 5.71 Å². The Morgan fingerprint density at radius 3 is 2.65 bits per heavy atom. The van der Waals surface area contributed by atoms with E-state index in [1.165, 1.54) is 7.11 Å². The Bertz CT molecular complexity index is 571. The van der Waals surface area contributed by atoms with E-state index in [1.807, 2.05) is 42.5 Å². The summed E-state index contributed by atoms with van der Waals surface area (Å²) in [4.78, 5) is 16.2. The van der Waals surface area contributed by atoms with Crippen molar-refractivity contribution in [2.24, 2.45) is 10.9 Å². The summed E-state index contributed by atoms with van der Waals surface area (Å²) in [6.45, 7) is 0. The summed E-state index contributed by atoms with van der Waals surface area (Å²) < 4.78 is 0. The molecule has 0 aliphatic heterocycles. The van der Waals surface area contributed by atoms with Crippen molar-refractivity contribution in [3.63, 3.8) is 0 Å². The molecule has 0 saturated carbocycles. The number of oxime groups is 1. The second-order valence-corrected chi connectivity index (χ2v) is 4.59. The highest BCUT2D eigenvalue weighted by Gasteiger charge is 2.22.